The molecule has 0 saturated heterocycles. The molecule has 0 radical (unpaired) electrons. The SMILES string of the molecule is C[N+](C)(C)C(Cl)C(Cl)(CC(=O)O)OP(=O)(O)O. The van der Waals surface area contributed by atoms with E-state index in [1.807, 2.05) is 0 Å². The molecule has 0 spiro atoms. The zero-order chi connectivity index (χ0) is 14.1. The summed E-state index contributed by atoms with van der Waals surface area (Å²) in [5.74, 6) is -1.38. The van der Waals surface area contributed by atoms with Gasteiger partial charge in [0.2, 0.25) is 10.6 Å². The van der Waals surface area contributed by atoms with E-state index in [4.69, 9.17) is 38.1 Å². The highest BCUT2D eigenvalue weighted by Crippen LogP contribution is 2.48. The Balaban J connectivity index is 5.24. The molecular formula is C7H15Cl2NO6P+. The highest BCUT2D eigenvalue weighted by Gasteiger charge is 2.51. The zero-order valence-electron chi connectivity index (χ0n) is 9.50. The van der Waals surface area contributed by atoms with Crippen LogP contribution in [-0.4, -0.2) is 57.0 Å². The van der Waals surface area contributed by atoms with E-state index in [2.05, 4.69) is 4.52 Å². The molecule has 0 amide bonds. The summed E-state index contributed by atoms with van der Waals surface area (Å²) >= 11 is 11.7. The predicted octanol–water partition coefficient (Wildman–Crippen LogP) is 0.777. The molecule has 0 aliphatic heterocycles. The van der Waals surface area contributed by atoms with Gasteiger partial charge in [-0.1, -0.05) is 23.2 Å². The van der Waals surface area contributed by atoms with Gasteiger partial charge in [-0.2, -0.15) is 0 Å². The third-order valence-electron chi connectivity index (χ3n) is 1.70. The first kappa shape index (κ1) is 17.1. The third-order valence-corrected chi connectivity index (χ3v) is 3.84. The van der Waals surface area contributed by atoms with Gasteiger partial charge >= 0.3 is 13.8 Å². The second kappa shape index (κ2) is 5.40. The fraction of sp³-hybridized carbons (Fsp3) is 0.857. The third kappa shape index (κ3) is 6.01. The minimum atomic E-state index is -4.96. The number of hydrogen-bond acceptors (Lipinski definition) is 3. The molecule has 102 valence electrons. The lowest BCUT2D eigenvalue weighted by Gasteiger charge is -2.38. The van der Waals surface area contributed by atoms with Crippen LogP contribution >= 0.6 is 31.0 Å². The van der Waals surface area contributed by atoms with E-state index < -0.39 is 30.8 Å². The Morgan fingerprint density at radius 1 is 1.47 bits per heavy atom. The van der Waals surface area contributed by atoms with Gasteiger partial charge in [-0.05, 0) is 0 Å². The largest absolute Gasteiger partial charge is 0.481 e. The number of carbonyl (C=O) groups is 1. The average Bonchev–Trinajstić information content (AvgIpc) is 1.95. The Hall–Kier alpha value is 0.120. The van der Waals surface area contributed by atoms with E-state index in [-0.39, 0.29) is 4.48 Å². The van der Waals surface area contributed by atoms with Gasteiger partial charge in [0.25, 0.3) is 0 Å². The van der Waals surface area contributed by atoms with Crippen molar-refractivity contribution in [2.24, 2.45) is 0 Å². The number of hydrogen-bond donors (Lipinski definition) is 3. The van der Waals surface area contributed by atoms with Crippen LogP contribution in [0.5, 0.6) is 0 Å². The summed E-state index contributed by atoms with van der Waals surface area (Å²) < 4.78 is 15.1. The Morgan fingerprint density at radius 2 is 1.88 bits per heavy atom. The van der Waals surface area contributed by atoms with Gasteiger partial charge in [0.05, 0.1) is 27.6 Å². The minimum absolute atomic E-state index is 0.0433. The number of alkyl halides is 2. The van der Waals surface area contributed by atoms with E-state index in [0.717, 1.165) is 0 Å². The van der Waals surface area contributed by atoms with Gasteiger partial charge in [-0.3, -0.25) is 9.32 Å². The summed E-state index contributed by atoms with van der Waals surface area (Å²) in [4.78, 5) is 28.1. The number of rotatable bonds is 6. The number of aliphatic carboxylic acids is 1. The molecule has 17 heavy (non-hydrogen) atoms. The molecule has 0 bridgehead atoms. The van der Waals surface area contributed by atoms with Crippen LogP contribution in [-0.2, 0) is 13.9 Å². The molecule has 2 unspecified atom stereocenters. The van der Waals surface area contributed by atoms with E-state index in [1.54, 1.807) is 21.1 Å². The summed E-state index contributed by atoms with van der Waals surface area (Å²) in [6, 6.07) is 0. The number of carboxylic acid groups (broad SMARTS) is 1. The maximum absolute atomic E-state index is 10.8. The van der Waals surface area contributed by atoms with Crippen LogP contribution < -0.4 is 0 Å². The predicted molar refractivity (Wildman–Crippen MR) is 61.6 cm³/mol. The van der Waals surface area contributed by atoms with Gasteiger partial charge in [0.15, 0.2) is 0 Å². The van der Waals surface area contributed by atoms with E-state index in [1.165, 1.54) is 0 Å². The summed E-state index contributed by atoms with van der Waals surface area (Å²) in [5.41, 5.74) is -1.17. The van der Waals surface area contributed by atoms with Crippen molar-refractivity contribution >= 4 is 37.0 Å². The highest BCUT2D eigenvalue weighted by atomic mass is 35.5. The van der Waals surface area contributed by atoms with Gasteiger partial charge < -0.3 is 19.4 Å². The fourth-order valence-electron chi connectivity index (χ4n) is 1.14. The normalized spacial score (nSPS) is 18.5. The number of nitrogens with zero attached hydrogens (tertiary/aromatic N) is 1. The number of phosphoric ester groups is 1. The maximum atomic E-state index is 10.8. The number of phosphoric acid groups is 1. The van der Waals surface area contributed by atoms with Crippen LogP contribution in [0.25, 0.3) is 0 Å². The standard InChI is InChI=1S/C7H14Cl2NO6P/c1-10(2,3)6(8)7(9,4-5(11)12)16-17(13,14)15/h6H,4H2,1-3H3,(H2-,11,12,13,14,15)/p+1. The molecule has 0 aromatic rings. The highest BCUT2D eigenvalue weighted by molar-refractivity contribution is 7.46. The molecule has 0 aliphatic carbocycles. The first-order valence-corrected chi connectivity index (χ1v) is 6.74. The summed E-state index contributed by atoms with van der Waals surface area (Å²) in [6.45, 7) is 0. The molecule has 0 aromatic carbocycles. The Kier molecular flexibility index (Phi) is 5.44. The van der Waals surface area contributed by atoms with Crippen molar-refractivity contribution < 1.29 is 33.3 Å². The lowest BCUT2D eigenvalue weighted by atomic mass is 10.2. The van der Waals surface area contributed by atoms with Crippen LogP contribution in [0.2, 0.25) is 0 Å². The first-order valence-electron chi connectivity index (χ1n) is 4.40. The quantitative estimate of drug-likeness (QED) is 0.290. The number of halogens is 2. The molecule has 3 N–H and O–H groups in total. The molecule has 7 nitrogen and oxygen atoms in total. The number of carboxylic acids is 1. The molecular weight excluding hydrogens is 296 g/mol. The van der Waals surface area contributed by atoms with Gasteiger partial charge in [-0.25, -0.2) is 4.57 Å². The van der Waals surface area contributed by atoms with E-state index >= 15 is 0 Å². The summed E-state index contributed by atoms with van der Waals surface area (Å²) in [5, 5.41) is 6.47. The summed E-state index contributed by atoms with van der Waals surface area (Å²) in [7, 11) is -0.208. The lowest BCUT2D eigenvalue weighted by molar-refractivity contribution is -0.887. The molecule has 0 fully saturated rings. The van der Waals surface area contributed by atoms with Crippen molar-refractivity contribution in [2.75, 3.05) is 21.1 Å². The van der Waals surface area contributed by atoms with E-state index in [0.29, 0.717) is 0 Å². The van der Waals surface area contributed by atoms with E-state index in [9.17, 15) is 9.36 Å². The minimum Gasteiger partial charge on any atom is -0.481 e. The van der Waals surface area contributed by atoms with Crippen molar-refractivity contribution in [1.29, 1.82) is 0 Å². The van der Waals surface area contributed by atoms with Gasteiger partial charge in [0.1, 0.15) is 0 Å². The van der Waals surface area contributed by atoms with Crippen LogP contribution in [0.15, 0.2) is 0 Å². The Bertz CT molecular complexity index is 340. The van der Waals surface area contributed by atoms with Crippen LogP contribution in [0.3, 0.4) is 0 Å². The average molecular weight is 311 g/mol. The molecule has 0 rings (SSSR count). The van der Waals surface area contributed by atoms with Crippen molar-refractivity contribution in [3.8, 4) is 0 Å². The number of quaternary nitrogens is 1. The van der Waals surface area contributed by atoms with Gasteiger partial charge in [-0.15, -0.1) is 0 Å². The van der Waals surface area contributed by atoms with Crippen LogP contribution in [0.1, 0.15) is 6.42 Å². The van der Waals surface area contributed by atoms with Crippen molar-refractivity contribution in [3.63, 3.8) is 0 Å². The van der Waals surface area contributed by atoms with Crippen molar-refractivity contribution in [1.82, 2.24) is 0 Å². The topological polar surface area (TPSA) is 104 Å². The molecule has 2 atom stereocenters. The summed E-state index contributed by atoms with van der Waals surface area (Å²) in [6.07, 6.45) is -0.844. The fourth-order valence-corrected chi connectivity index (χ4v) is 2.56. The molecule has 10 heteroatoms. The van der Waals surface area contributed by atoms with Crippen LogP contribution in [0.4, 0.5) is 0 Å². The second-order valence-electron chi connectivity index (χ2n) is 4.39. The second-order valence-corrected chi connectivity index (χ2v) is 6.61. The monoisotopic (exact) mass is 310 g/mol. The smallest absolute Gasteiger partial charge is 0.471 e. The molecule has 0 saturated carbocycles. The van der Waals surface area contributed by atoms with Crippen LogP contribution in [0, 0.1) is 0 Å². The molecule has 0 aromatic heterocycles. The molecule has 0 heterocycles. The number of likely N-dealkylation sites (N-methyl/N-ethyl adjacent to an activating group) is 1. The molecule has 0 aliphatic rings. The Labute approximate surface area is 109 Å². The maximum Gasteiger partial charge on any atom is 0.471 e. The van der Waals surface area contributed by atoms with Crippen molar-refractivity contribution in [3.05, 3.63) is 0 Å². The van der Waals surface area contributed by atoms with Crippen molar-refractivity contribution in [2.45, 2.75) is 17.0 Å². The zero-order valence-corrected chi connectivity index (χ0v) is 11.9. The first-order chi connectivity index (χ1) is 7.28. The lowest BCUT2D eigenvalue weighted by Crippen LogP contribution is -2.54. The Morgan fingerprint density at radius 3 is 2.12 bits per heavy atom. The van der Waals surface area contributed by atoms with Gasteiger partial charge in [0, 0.05) is 0 Å².